The first-order chi connectivity index (χ1) is 13.5. The number of hydrogen-bond donors (Lipinski definition) is 3. The van der Waals surface area contributed by atoms with Gasteiger partial charge in [0.2, 0.25) is 0 Å². The molecule has 0 aliphatic heterocycles. The summed E-state index contributed by atoms with van der Waals surface area (Å²) in [6, 6.07) is 0. The van der Waals surface area contributed by atoms with Gasteiger partial charge in [-0.3, -0.25) is 4.79 Å². The number of carbonyl (C=O) groups excluding carboxylic acids is 1. The Morgan fingerprint density at radius 3 is 1.75 bits per heavy atom. The normalized spacial score (nSPS) is 13.3. The monoisotopic (exact) mass is 402 g/mol. The topological polar surface area (TPSA) is 96.2 Å². The molecule has 0 radical (unpaired) electrons. The maximum atomic E-state index is 11.7. The van der Waals surface area contributed by atoms with Crippen LogP contribution in [0.4, 0.5) is 0 Å². The Hall–Kier alpha value is -0.625. The van der Waals surface area contributed by atoms with Gasteiger partial charge in [0.1, 0.15) is 6.61 Å². The summed E-state index contributed by atoms with van der Waals surface area (Å²) in [5.41, 5.74) is 0. The predicted octanol–water partition coefficient (Wildman–Crippen LogP) is 4.14. The fourth-order valence-electron chi connectivity index (χ4n) is 3.24. The molecule has 7 heteroatoms. The third kappa shape index (κ3) is 20.1. The fourth-order valence-corrected chi connectivity index (χ4v) is 3.24. The molecule has 28 heavy (non-hydrogen) atoms. The van der Waals surface area contributed by atoms with Crippen LogP contribution < -0.4 is 0 Å². The zero-order chi connectivity index (χ0) is 21.0. The summed E-state index contributed by atoms with van der Waals surface area (Å²) in [6.45, 7) is 3.72. The minimum absolute atomic E-state index is 0.0391. The highest BCUT2D eigenvalue weighted by molar-refractivity contribution is 6.32. The van der Waals surface area contributed by atoms with Crippen LogP contribution in [0.1, 0.15) is 110 Å². The molecule has 0 aromatic rings. The molecule has 0 saturated carbocycles. The molecule has 0 amide bonds. The molecule has 2 unspecified atom stereocenters. The van der Waals surface area contributed by atoms with Gasteiger partial charge in [-0.05, 0) is 13.3 Å². The first-order valence-electron chi connectivity index (χ1n) is 11.3. The van der Waals surface area contributed by atoms with E-state index in [0.29, 0.717) is 6.42 Å². The van der Waals surface area contributed by atoms with E-state index in [-0.39, 0.29) is 13.0 Å². The van der Waals surface area contributed by atoms with E-state index in [2.05, 4.69) is 6.92 Å². The van der Waals surface area contributed by atoms with Crippen molar-refractivity contribution >= 4 is 13.3 Å². The van der Waals surface area contributed by atoms with Gasteiger partial charge in [-0.1, -0.05) is 90.4 Å². The quantitative estimate of drug-likeness (QED) is 0.161. The van der Waals surface area contributed by atoms with E-state index < -0.39 is 25.5 Å². The van der Waals surface area contributed by atoms with E-state index in [9.17, 15) is 4.79 Å². The molecule has 0 aromatic heterocycles. The highest BCUT2D eigenvalue weighted by atomic mass is 16.6. The van der Waals surface area contributed by atoms with E-state index in [1.54, 1.807) is 0 Å². The third-order valence-electron chi connectivity index (χ3n) is 4.82. The zero-order valence-corrected chi connectivity index (χ0v) is 18.1. The highest BCUT2D eigenvalue weighted by Gasteiger charge is 2.21. The van der Waals surface area contributed by atoms with Crippen LogP contribution in [0.5, 0.6) is 0 Å². The third-order valence-corrected chi connectivity index (χ3v) is 4.82. The Bertz CT molecular complexity index is 352. The summed E-state index contributed by atoms with van der Waals surface area (Å²) < 4.78 is 9.88. The van der Waals surface area contributed by atoms with Gasteiger partial charge in [0, 0.05) is 0 Å². The predicted molar refractivity (Wildman–Crippen MR) is 113 cm³/mol. The second-order valence-corrected chi connectivity index (χ2v) is 7.85. The number of unbranched alkanes of at least 4 members (excludes halogenated alkanes) is 12. The molecule has 0 heterocycles. The van der Waals surface area contributed by atoms with E-state index in [4.69, 9.17) is 24.5 Å². The Kier molecular flexibility index (Phi) is 19.2. The molecule has 0 spiro atoms. The Morgan fingerprint density at radius 2 is 1.32 bits per heavy atom. The van der Waals surface area contributed by atoms with Gasteiger partial charge >= 0.3 is 13.3 Å². The number of aliphatic hydroxyl groups is 1. The van der Waals surface area contributed by atoms with E-state index in [0.717, 1.165) is 19.3 Å². The van der Waals surface area contributed by atoms with Crippen molar-refractivity contribution in [3.8, 4) is 0 Å². The molecule has 0 rings (SSSR count). The standard InChI is InChI=1S/C21H43BO6/c1-3-4-5-6-7-8-9-10-11-12-13-14-15-16-20(28-22(25)26)17-21(24)27-18-19(2)23/h19-20,23,25-26H,3-18H2,1-2H3. The summed E-state index contributed by atoms with van der Waals surface area (Å²) in [5, 5.41) is 27.1. The molecular formula is C21H43BO6. The van der Waals surface area contributed by atoms with Crippen molar-refractivity contribution in [2.45, 2.75) is 122 Å². The SMILES string of the molecule is CCCCCCCCCCCCCCCC(CC(=O)OCC(C)O)OB(O)O. The van der Waals surface area contributed by atoms with Crippen molar-refractivity contribution in [1.29, 1.82) is 0 Å². The molecule has 0 aliphatic carbocycles. The van der Waals surface area contributed by atoms with Crippen molar-refractivity contribution in [3.63, 3.8) is 0 Å². The van der Waals surface area contributed by atoms with Crippen molar-refractivity contribution in [3.05, 3.63) is 0 Å². The van der Waals surface area contributed by atoms with Gasteiger partial charge in [0.15, 0.2) is 0 Å². The summed E-state index contributed by atoms with van der Waals surface area (Å²) in [6.07, 6.45) is 15.6. The lowest BCUT2D eigenvalue weighted by molar-refractivity contribution is -0.148. The summed E-state index contributed by atoms with van der Waals surface area (Å²) in [5.74, 6) is -0.499. The van der Waals surface area contributed by atoms with Crippen LogP contribution in [0.25, 0.3) is 0 Å². The molecule has 6 nitrogen and oxygen atoms in total. The molecule has 0 fully saturated rings. The lowest BCUT2D eigenvalue weighted by Crippen LogP contribution is -2.29. The lowest BCUT2D eigenvalue weighted by Gasteiger charge is -2.17. The maximum absolute atomic E-state index is 11.7. The van der Waals surface area contributed by atoms with E-state index in [1.807, 2.05) is 0 Å². The molecule has 2 atom stereocenters. The first kappa shape index (κ1) is 27.4. The number of esters is 1. The van der Waals surface area contributed by atoms with Gasteiger partial charge < -0.3 is 24.5 Å². The average Bonchev–Trinajstić information content (AvgIpc) is 2.63. The second-order valence-electron chi connectivity index (χ2n) is 7.85. The van der Waals surface area contributed by atoms with Crippen LogP contribution in [0.3, 0.4) is 0 Å². The van der Waals surface area contributed by atoms with Crippen molar-refractivity contribution in [2.75, 3.05) is 6.61 Å². The molecule has 0 aromatic carbocycles. The van der Waals surface area contributed by atoms with E-state index in [1.165, 1.54) is 71.1 Å². The van der Waals surface area contributed by atoms with Crippen molar-refractivity contribution in [1.82, 2.24) is 0 Å². The minimum atomic E-state index is -1.89. The van der Waals surface area contributed by atoms with Gasteiger partial charge in [-0.15, -0.1) is 0 Å². The number of ether oxygens (including phenoxy) is 1. The lowest BCUT2D eigenvalue weighted by atomic mass is 10.0. The number of aliphatic hydroxyl groups excluding tert-OH is 1. The van der Waals surface area contributed by atoms with Crippen LogP contribution >= 0.6 is 0 Å². The summed E-state index contributed by atoms with van der Waals surface area (Å²) >= 11 is 0. The van der Waals surface area contributed by atoms with Crippen molar-refractivity contribution < 1.29 is 29.3 Å². The van der Waals surface area contributed by atoms with Crippen LogP contribution in [0, 0.1) is 0 Å². The Labute approximate surface area is 172 Å². The Balaban J connectivity index is 3.64. The van der Waals surface area contributed by atoms with Gasteiger partial charge in [-0.25, -0.2) is 0 Å². The highest BCUT2D eigenvalue weighted by Crippen LogP contribution is 2.15. The molecule has 0 bridgehead atoms. The number of hydrogen-bond acceptors (Lipinski definition) is 6. The van der Waals surface area contributed by atoms with E-state index >= 15 is 0 Å². The molecule has 0 saturated heterocycles. The number of rotatable bonds is 20. The van der Waals surface area contributed by atoms with Crippen LogP contribution in [0.2, 0.25) is 0 Å². The second kappa shape index (κ2) is 19.7. The summed E-state index contributed by atoms with van der Waals surface area (Å²) in [7, 11) is -1.89. The maximum Gasteiger partial charge on any atom is 0.634 e. The zero-order valence-electron chi connectivity index (χ0n) is 18.1. The van der Waals surface area contributed by atoms with Crippen LogP contribution in [-0.4, -0.2) is 47.3 Å². The molecular weight excluding hydrogens is 359 g/mol. The minimum Gasteiger partial charge on any atom is -0.463 e. The van der Waals surface area contributed by atoms with Gasteiger partial charge in [0.05, 0.1) is 18.6 Å². The van der Waals surface area contributed by atoms with Gasteiger partial charge in [-0.2, -0.15) is 0 Å². The summed E-state index contributed by atoms with van der Waals surface area (Å²) in [4.78, 5) is 11.7. The largest absolute Gasteiger partial charge is 0.634 e. The van der Waals surface area contributed by atoms with Gasteiger partial charge in [0.25, 0.3) is 0 Å². The first-order valence-corrected chi connectivity index (χ1v) is 11.3. The van der Waals surface area contributed by atoms with Crippen molar-refractivity contribution in [2.24, 2.45) is 0 Å². The van der Waals surface area contributed by atoms with Crippen LogP contribution in [0.15, 0.2) is 0 Å². The molecule has 0 aliphatic rings. The number of carbonyl (C=O) groups is 1. The Morgan fingerprint density at radius 1 is 0.857 bits per heavy atom. The smallest absolute Gasteiger partial charge is 0.463 e. The fraction of sp³-hybridized carbons (Fsp3) is 0.952. The molecule has 3 N–H and O–H groups in total. The van der Waals surface area contributed by atoms with Crippen LogP contribution in [-0.2, 0) is 14.2 Å². The average molecular weight is 402 g/mol. The molecule has 166 valence electrons.